The lowest BCUT2D eigenvalue weighted by Crippen LogP contribution is -2.62. The van der Waals surface area contributed by atoms with Crippen molar-refractivity contribution < 1.29 is 0 Å². The van der Waals surface area contributed by atoms with E-state index in [1.54, 1.807) is 0 Å². The predicted molar refractivity (Wildman–Crippen MR) is 123 cm³/mol. The van der Waals surface area contributed by atoms with Gasteiger partial charge in [-0.05, 0) is 30.7 Å². The smallest absolute Gasteiger partial charge is 0.161 e. The number of aliphatic imine (C=N–C) groups is 1. The summed E-state index contributed by atoms with van der Waals surface area (Å²) in [6, 6.07) is 16.4. The summed E-state index contributed by atoms with van der Waals surface area (Å²) in [7, 11) is 0. The van der Waals surface area contributed by atoms with E-state index in [9.17, 15) is 0 Å². The van der Waals surface area contributed by atoms with Crippen molar-refractivity contribution in [3.8, 4) is 0 Å². The second-order valence-electron chi connectivity index (χ2n) is 8.17. The second-order valence-corrected chi connectivity index (χ2v) is 8.17. The number of fused-ring (bicyclic) bond motifs is 3. The Balaban J connectivity index is 1.56. The zero-order chi connectivity index (χ0) is 21.4. The third-order valence-corrected chi connectivity index (χ3v) is 6.04. The average Bonchev–Trinajstić information content (AvgIpc) is 3.31. The Labute approximate surface area is 180 Å². The van der Waals surface area contributed by atoms with Crippen LogP contribution in [0.15, 0.2) is 53.5 Å². The van der Waals surface area contributed by atoms with Gasteiger partial charge >= 0.3 is 0 Å². The number of aryl methyl sites for hydroxylation is 1. The Hall–Kier alpha value is -3.36. The first-order valence-corrected chi connectivity index (χ1v) is 10.5. The normalized spacial score (nSPS) is 15.7. The fourth-order valence-corrected chi connectivity index (χ4v) is 4.17. The Morgan fingerprint density at radius 1 is 1.19 bits per heavy atom. The summed E-state index contributed by atoms with van der Waals surface area (Å²) in [5, 5.41) is 20.5. The van der Waals surface area contributed by atoms with Crippen LogP contribution in [-0.4, -0.2) is 56.3 Å². The van der Waals surface area contributed by atoms with Gasteiger partial charge in [0.15, 0.2) is 5.65 Å². The van der Waals surface area contributed by atoms with Gasteiger partial charge in [0.1, 0.15) is 5.82 Å². The number of nitrogens with one attached hydrogen (secondary N) is 2. The van der Waals surface area contributed by atoms with Crippen LogP contribution in [-0.2, 0) is 6.54 Å². The van der Waals surface area contributed by atoms with Crippen molar-refractivity contribution in [1.82, 2.24) is 24.5 Å². The molecule has 0 amide bonds. The second kappa shape index (κ2) is 7.72. The molecular formula is C23H26N8. The molecule has 4 N–H and O–H groups in total. The fourth-order valence-electron chi connectivity index (χ4n) is 4.17. The van der Waals surface area contributed by atoms with Crippen LogP contribution < -0.4 is 11.1 Å². The van der Waals surface area contributed by atoms with Crippen molar-refractivity contribution in [2.45, 2.75) is 25.4 Å². The molecule has 4 heterocycles. The van der Waals surface area contributed by atoms with Gasteiger partial charge in [0, 0.05) is 38.8 Å². The van der Waals surface area contributed by atoms with Gasteiger partial charge < -0.3 is 21.0 Å². The first kappa shape index (κ1) is 19.6. The van der Waals surface area contributed by atoms with Crippen LogP contribution in [0, 0.1) is 12.3 Å². The number of rotatable bonds is 7. The van der Waals surface area contributed by atoms with Crippen LogP contribution in [0.25, 0.3) is 16.7 Å². The summed E-state index contributed by atoms with van der Waals surface area (Å²) >= 11 is 0. The summed E-state index contributed by atoms with van der Waals surface area (Å²) in [5.74, 6) is 0.833. The van der Waals surface area contributed by atoms with Crippen LogP contribution in [0.3, 0.4) is 0 Å². The van der Waals surface area contributed by atoms with Crippen molar-refractivity contribution >= 4 is 28.6 Å². The van der Waals surface area contributed by atoms with E-state index in [1.165, 1.54) is 5.56 Å². The standard InChI is InChI=1S/C23H26N8/c1-16-28-29-22-8-7-19-21(31(16)22)11-20(30(19)12-17-5-3-2-4-6-17)18(25)9-10-27-23(13-24)14-26-15-23/h2-8,10-11,25-26H,9,12-15,24H2,1H3. The molecule has 0 atom stereocenters. The Morgan fingerprint density at radius 2 is 2.00 bits per heavy atom. The quantitative estimate of drug-likeness (QED) is 0.403. The molecular weight excluding hydrogens is 388 g/mol. The van der Waals surface area contributed by atoms with Crippen molar-refractivity contribution in [2.75, 3.05) is 19.6 Å². The number of hydrogen-bond donors (Lipinski definition) is 3. The minimum atomic E-state index is -0.206. The highest BCUT2D eigenvalue weighted by atomic mass is 15.2. The molecule has 8 nitrogen and oxygen atoms in total. The fraction of sp³-hybridized carbons (Fsp3) is 0.304. The lowest BCUT2D eigenvalue weighted by atomic mass is 9.93. The van der Waals surface area contributed by atoms with Crippen LogP contribution in [0.2, 0.25) is 0 Å². The summed E-state index contributed by atoms with van der Waals surface area (Å²) in [6.45, 7) is 4.75. The van der Waals surface area contributed by atoms with Gasteiger partial charge in [-0.3, -0.25) is 9.39 Å². The van der Waals surface area contributed by atoms with Gasteiger partial charge in [0.05, 0.1) is 28.0 Å². The molecule has 31 heavy (non-hydrogen) atoms. The summed E-state index contributed by atoms with van der Waals surface area (Å²) < 4.78 is 4.24. The third-order valence-electron chi connectivity index (χ3n) is 6.04. The van der Waals surface area contributed by atoms with Gasteiger partial charge in [-0.25, -0.2) is 0 Å². The van der Waals surface area contributed by atoms with Crippen LogP contribution in [0.1, 0.15) is 23.5 Å². The van der Waals surface area contributed by atoms with Crippen LogP contribution >= 0.6 is 0 Å². The third kappa shape index (κ3) is 3.43. The number of aromatic nitrogens is 4. The van der Waals surface area contributed by atoms with Crippen molar-refractivity contribution in [3.05, 3.63) is 65.6 Å². The van der Waals surface area contributed by atoms with Crippen LogP contribution in [0.4, 0.5) is 0 Å². The van der Waals surface area contributed by atoms with E-state index < -0.39 is 0 Å². The van der Waals surface area contributed by atoms with E-state index in [0.717, 1.165) is 41.3 Å². The van der Waals surface area contributed by atoms with E-state index in [4.69, 9.17) is 11.1 Å². The lowest BCUT2D eigenvalue weighted by molar-refractivity contribution is 0.293. The zero-order valence-electron chi connectivity index (χ0n) is 17.5. The minimum Gasteiger partial charge on any atom is -0.334 e. The number of hydrogen-bond acceptors (Lipinski definition) is 6. The zero-order valence-corrected chi connectivity index (χ0v) is 17.5. The molecule has 5 rings (SSSR count). The lowest BCUT2D eigenvalue weighted by Gasteiger charge is -2.37. The first-order valence-electron chi connectivity index (χ1n) is 10.5. The highest BCUT2D eigenvalue weighted by Gasteiger charge is 2.34. The van der Waals surface area contributed by atoms with Gasteiger partial charge in [0.2, 0.25) is 0 Å². The molecule has 0 bridgehead atoms. The minimum absolute atomic E-state index is 0.206. The SMILES string of the molecule is Cc1nnc2ccc3c(cc(C(=N)CC=NC4(CN)CNC4)n3Cc3ccccc3)n12. The van der Waals surface area contributed by atoms with E-state index in [2.05, 4.69) is 49.3 Å². The molecule has 158 valence electrons. The monoisotopic (exact) mass is 414 g/mol. The average molecular weight is 415 g/mol. The highest BCUT2D eigenvalue weighted by molar-refractivity contribution is 6.07. The van der Waals surface area contributed by atoms with Gasteiger partial charge in [0.25, 0.3) is 0 Å². The molecule has 1 aliphatic rings. The summed E-state index contributed by atoms with van der Waals surface area (Å²) in [5.41, 5.74) is 11.1. The van der Waals surface area contributed by atoms with Gasteiger partial charge in [-0.15, -0.1) is 10.2 Å². The molecule has 1 fully saturated rings. The maximum atomic E-state index is 8.83. The predicted octanol–water partition coefficient (Wildman–Crippen LogP) is 2.17. The van der Waals surface area contributed by atoms with Crippen molar-refractivity contribution in [1.29, 1.82) is 5.41 Å². The number of nitrogens with zero attached hydrogens (tertiary/aromatic N) is 5. The maximum absolute atomic E-state index is 8.83. The molecule has 1 saturated heterocycles. The number of pyridine rings is 1. The van der Waals surface area contributed by atoms with E-state index in [1.807, 2.05) is 41.8 Å². The first-order chi connectivity index (χ1) is 15.1. The molecule has 0 aliphatic carbocycles. The molecule has 0 saturated carbocycles. The maximum Gasteiger partial charge on any atom is 0.161 e. The number of nitrogens with two attached hydrogens (primary N) is 1. The largest absolute Gasteiger partial charge is 0.334 e. The van der Waals surface area contributed by atoms with E-state index in [0.29, 0.717) is 25.2 Å². The molecule has 3 aromatic heterocycles. The molecule has 1 aromatic carbocycles. The summed E-state index contributed by atoms with van der Waals surface area (Å²) in [6.07, 6.45) is 2.30. The van der Waals surface area contributed by atoms with Gasteiger partial charge in [-0.1, -0.05) is 30.3 Å². The number of benzene rings is 1. The molecule has 1 aliphatic heterocycles. The molecule has 0 unspecified atom stereocenters. The Kier molecular flexibility index (Phi) is 4.88. The van der Waals surface area contributed by atoms with E-state index >= 15 is 0 Å². The molecule has 0 spiro atoms. The topological polar surface area (TPSA) is 109 Å². The Bertz CT molecular complexity index is 1270. The summed E-state index contributed by atoms with van der Waals surface area (Å²) in [4.78, 5) is 4.68. The van der Waals surface area contributed by atoms with Crippen molar-refractivity contribution in [2.24, 2.45) is 10.7 Å². The van der Waals surface area contributed by atoms with Gasteiger partial charge in [-0.2, -0.15) is 0 Å². The molecule has 4 aromatic rings. The molecule has 8 heteroatoms. The highest BCUT2D eigenvalue weighted by Crippen LogP contribution is 2.25. The molecule has 0 radical (unpaired) electrons. The van der Waals surface area contributed by atoms with Crippen LogP contribution in [0.5, 0.6) is 0 Å². The van der Waals surface area contributed by atoms with E-state index in [-0.39, 0.29) is 5.54 Å². The Morgan fingerprint density at radius 3 is 2.71 bits per heavy atom. The van der Waals surface area contributed by atoms with Crippen molar-refractivity contribution in [3.63, 3.8) is 0 Å².